The Balaban J connectivity index is 2.35. The van der Waals surface area contributed by atoms with Crippen molar-refractivity contribution in [2.24, 2.45) is 0 Å². The zero-order valence-electron chi connectivity index (χ0n) is 16.2. The molecule has 0 spiro atoms. The summed E-state index contributed by atoms with van der Waals surface area (Å²) < 4.78 is 71.6. The molecule has 1 unspecified atom stereocenters. The monoisotopic (exact) mass is 470 g/mol. The summed E-state index contributed by atoms with van der Waals surface area (Å²) in [5, 5.41) is 5.86. The third-order valence-electron chi connectivity index (χ3n) is 3.78. The molecule has 9 nitrogen and oxygen atoms in total. The summed E-state index contributed by atoms with van der Waals surface area (Å²) in [6.07, 6.45) is -4.94. The molecule has 0 aliphatic carbocycles. The summed E-state index contributed by atoms with van der Waals surface area (Å²) in [4.78, 5) is 20.4. The summed E-state index contributed by atoms with van der Waals surface area (Å²) in [5.74, 6) is -1.87. The summed E-state index contributed by atoms with van der Waals surface area (Å²) >= 11 is 5.82. The number of halogens is 4. The molecule has 30 heavy (non-hydrogen) atoms. The Kier molecular flexibility index (Phi) is 6.66. The number of aromatic nitrogens is 3. The molecule has 0 aromatic carbocycles. The minimum absolute atomic E-state index is 0.102. The fourth-order valence-corrected chi connectivity index (χ4v) is 3.81. The molecule has 0 aliphatic heterocycles. The van der Waals surface area contributed by atoms with E-state index in [1.165, 1.54) is 13.8 Å². The lowest BCUT2D eigenvalue weighted by atomic mass is 10.0. The summed E-state index contributed by atoms with van der Waals surface area (Å²) in [5.41, 5.74) is -1.96. The average molecular weight is 471 g/mol. The Morgan fingerprint density at radius 2 is 2.03 bits per heavy atom. The highest BCUT2D eigenvalue weighted by atomic mass is 35.5. The second-order valence-electron chi connectivity index (χ2n) is 6.79. The molecule has 1 N–H and O–H groups in total. The second-order valence-corrected chi connectivity index (χ2v) is 9.34. The van der Waals surface area contributed by atoms with Crippen molar-refractivity contribution < 1.29 is 35.6 Å². The van der Waals surface area contributed by atoms with Crippen molar-refractivity contribution in [3.8, 4) is 5.75 Å². The minimum atomic E-state index is -4.65. The summed E-state index contributed by atoms with van der Waals surface area (Å²) in [6, 6.07) is 0.919. The molecule has 2 aromatic rings. The maximum Gasteiger partial charge on any atom is 0.425 e. The van der Waals surface area contributed by atoms with E-state index in [9.17, 15) is 26.4 Å². The predicted octanol–water partition coefficient (Wildman–Crippen LogP) is 2.45. The standard InChI is InChI=1S/C16H18ClF3N4O5S/c1-8(16(18,19)20)28-12-5-11(21-6-10(12)17)13(25)23-15(3,7-30(4,26)27)14-22-9(2)29-24-14/h5-6,8H,7H2,1-4H3,(H,23,25)/t8-,15?/m0/s1. The molecule has 2 atom stereocenters. The number of amides is 1. The van der Waals surface area contributed by atoms with Gasteiger partial charge >= 0.3 is 6.18 Å². The van der Waals surface area contributed by atoms with Gasteiger partial charge in [0.25, 0.3) is 5.91 Å². The Morgan fingerprint density at radius 1 is 1.40 bits per heavy atom. The molecule has 0 saturated heterocycles. The van der Waals surface area contributed by atoms with Crippen molar-refractivity contribution in [2.45, 2.75) is 38.6 Å². The molecular formula is C16H18ClF3N4O5S. The van der Waals surface area contributed by atoms with Gasteiger partial charge in [-0.25, -0.2) is 13.4 Å². The zero-order valence-corrected chi connectivity index (χ0v) is 17.8. The second kappa shape index (κ2) is 8.38. The van der Waals surface area contributed by atoms with E-state index < -0.39 is 45.1 Å². The van der Waals surface area contributed by atoms with Gasteiger partial charge in [0.1, 0.15) is 31.8 Å². The first kappa shape index (κ1) is 23.9. The first-order chi connectivity index (χ1) is 13.6. The molecule has 0 saturated carbocycles. The van der Waals surface area contributed by atoms with Crippen molar-refractivity contribution >= 4 is 27.3 Å². The number of hydrogen-bond donors (Lipinski definition) is 1. The molecule has 2 heterocycles. The van der Waals surface area contributed by atoms with E-state index in [4.69, 9.17) is 20.9 Å². The number of nitrogens with zero attached hydrogens (tertiary/aromatic N) is 3. The van der Waals surface area contributed by atoms with Gasteiger partial charge in [0, 0.05) is 19.2 Å². The SMILES string of the molecule is Cc1nc(C(C)(CS(C)(=O)=O)NC(=O)c2cc(O[C@@H](C)C(F)(F)F)c(Cl)cn2)no1. The number of nitrogens with one attached hydrogen (secondary N) is 1. The number of aryl methyl sites for hydroxylation is 1. The molecule has 0 fully saturated rings. The number of rotatable bonds is 7. The van der Waals surface area contributed by atoms with Crippen LogP contribution in [-0.4, -0.2) is 53.7 Å². The Hall–Kier alpha value is -2.41. The predicted molar refractivity (Wildman–Crippen MR) is 99.0 cm³/mol. The van der Waals surface area contributed by atoms with Crippen LogP contribution in [0, 0.1) is 6.92 Å². The molecule has 0 aliphatic rings. The maximum absolute atomic E-state index is 12.8. The summed E-state index contributed by atoms with van der Waals surface area (Å²) in [6.45, 7) is 3.61. The highest BCUT2D eigenvalue weighted by molar-refractivity contribution is 7.90. The van der Waals surface area contributed by atoms with E-state index in [-0.39, 0.29) is 22.4 Å². The van der Waals surface area contributed by atoms with E-state index in [1.54, 1.807) is 0 Å². The average Bonchev–Trinajstić information content (AvgIpc) is 3.01. The van der Waals surface area contributed by atoms with E-state index in [0.717, 1.165) is 25.4 Å². The number of sulfone groups is 1. The fourth-order valence-electron chi connectivity index (χ4n) is 2.41. The van der Waals surface area contributed by atoms with Gasteiger partial charge in [-0.2, -0.15) is 18.2 Å². The van der Waals surface area contributed by atoms with Crippen molar-refractivity contribution in [1.82, 2.24) is 20.4 Å². The van der Waals surface area contributed by atoms with Gasteiger partial charge in [-0.15, -0.1) is 0 Å². The van der Waals surface area contributed by atoms with Crippen LogP contribution in [0.4, 0.5) is 13.2 Å². The molecule has 166 valence electrons. The van der Waals surface area contributed by atoms with Crippen LogP contribution in [0.5, 0.6) is 5.75 Å². The molecule has 0 bridgehead atoms. The number of pyridine rings is 1. The van der Waals surface area contributed by atoms with Crippen molar-refractivity contribution in [1.29, 1.82) is 0 Å². The molecule has 1 amide bonds. The van der Waals surface area contributed by atoms with Crippen molar-refractivity contribution in [3.63, 3.8) is 0 Å². The van der Waals surface area contributed by atoms with Crippen LogP contribution in [0.25, 0.3) is 0 Å². The number of hydrogen-bond acceptors (Lipinski definition) is 8. The van der Waals surface area contributed by atoms with Crippen molar-refractivity contribution in [2.75, 3.05) is 12.0 Å². The van der Waals surface area contributed by atoms with Crippen LogP contribution in [-0.2, 0) is 15.4 Å². The lowest BCUT2D eigenvalue weighted by Crippen LogP contribution is -2.49. The fraction of sp³-hybridized carbons (Fsp3) is 0.500. The molecule has 14 heteroatoms. The molecule has 2 aromatic heterocycles. The van der Waals surface area contributed by atoms with Crippen molar-refractivity contribution in [3.05, 3.63) is 34.7 Å². The normalized spacial score (nSPS) is 15.3. The van der Waals surface area contributed by atoms with Crippen LogP contribution >= 0.6 is 11.6 Å². The first-order valence-electron chi connectivity index (χ1n) is 8.31. The third kappa shape index (κ3) is 6.05. The molecule has 0 radical (unpaired) electrons. The lowest BCUT2D eigenvalue weighted by Gasteiger charge is -2.26. The van der Waals surface area contributed by atoms with E-state index in [1.807, 2.05) is 0 Å². The van der Waals surface area contributed by atoms with Gasteiger partial charge in [-0.3, -0.25) is 4.79 Å². The van der Waals surface area contributed by atoms with Crippen LogP contribution in [0.3, 0.4) is 0 Å². The van der Waals surface area contributed by atoms with Gasteiger partial charge in [0.2, 0.25) is 5.89 Å². The maximum atomic E-state index is 12.8. The summed E-state index contributed by atoms with van der Waals surface area (Å²) in [7, 11) is -3.62. The van der Waals surface area contributed by atoms with Crippen LogP contribution in [0.15, 0.2) is 16.8 Å². The Labute approximate surface area is 174 Å². The van der Waals surface area contributed by atoms with Gasteiger partial charge in [0.15, 0.2) is 11.9 Å². The van der Waals surface area contributed by atoms with Crippen LogP contribution < -0.4 is 10.1 Å². The van der Waals surface area contributed by atoms with E-state index >= 15 is 0 Å². The van der Waals surface area contributed by atoms with Crippen LogP contribution in [0.1, 0.15) is 36.1 Å². The Bertz CT molecular complexity index is 1040. The molecule has 2 rings (SSSR count). The third-order valence-corrected chi connectivity index (χ3v) is 5.16. The van der Waals surface area contributed by atoms with E-state index in [0.29, 0.717) is 0 Å². The van der Waals surface area contributed by atoms with Gasteiger partial charge in [-0.1, -0.05) is 16.8 Å². The Morgan fingerprint density at radius 3 is 2.53 bits per heavy atom. The topological polar surface area (TPSA) is 124 Å². The minimum Gasteiger partial charge on any atom is -0.480 e. The van der Waals surface area contributed by atoms with Gasteiger partial charge < -0.3 is 14.6 Å². The highest BCUT2D eigenvalue weighted by Gasteiger charge is 2.39. The van der Waals surface area contributed by atoms with Gasteiger partial charge in [0.05, 0.1) is 11.9 Å². The highest BCUT2D eigenvalue weighted by Crippen LogP contribution is 2.30. The largest absolute Gasteiger partial charge is 0.480 e. The number of carbonyl (C=O) groups excluding carboxylic acids is 1. The van der Waals surface area contributed by atoms with E-state index in [2.05, 4.69) is 20.4 Å². The smallest absolute Gasteiger partial charge is 0.425 e. The number of ether oxygens (including phenoxy) is 1. The number of alkyl halides is 3. The zero-order chi connectivity index (χ0) is 22.9. The lowest BCUT2D eigenvalue weighted by molar-refractivity contribution is -0.189. The molecular weight excluding hydrogens is 453 g/mol. The van der Waals surface area contributed by atoms with Gasteiger partial charge in [-0.05, 0) is 13.8 Å². The first-order valence-corrected chi connectivity index (χ1v) is 10.7. The quantitative estimate of drug-likeness (QED) is 0.654. The van der Waals surface area contributed by atoms with Crippen LogP contribution in [0.2, 0.25) is 5.02 Å². The number of carbonyl (C=O) groups is 1.